The van der Waals surface area contributed by atoms with Gasteiger partial charge in [0.2, 0.25) is 0 Å². The van der Waals surface area contributed by atoms with Gasteiger partial charge >= 0.3 is 6.03 Å². The van der Waals surface area contributed by atoms with Crippen LogP contribution in [0.25, 0.3) is 0 Å². The normalized spacial score (nSPS) is 12.7. The lowest BCUT2D eigenvalue weighted by Crippen LogP contribution is -2.35. The fraction of sp³-hybridized carbons (Fsp3) is 0.208. The Morgan fingerprint density at radius 2 is 1.88 bits per heavy atom. The number of thiophene rings is 1. The first-order valence-electron chi connectivity index (χ1n) is 10.3. The molecule has 0 fully saturated rings. The Balaban J connectivity index is 1.46. The molecule has 2 aromatic carbocycles. The Bertz CT molecular complexity index is 1170. The Labute approximate surface area is 190 Å². The lowest BCUT2D eigenvalue weighted by atomic mass is 10.0. The van der Waals surface area contributed by atoms with Crippen LogP contribution in [-0.2, 0) is 19.5 Å². The molecule has 2 heterocycles. The van der Waals surface area contributed by atoms with Crippen molar-refractivity contribution in [1.82, 2.24) is 10.2 Å². The monoisotopic (exact) mass is 448 g/mol. The highest BCUT2D eigenvalue weighted by Gasteiger charge is 2.24. The Hall–Kier alpha value is -3.65. The number of fused-ring (bicyclic) bond motifs is 1. The molecule has 0 saturated carbocycles. The fourth-order valence-electron chi connectivity index (χ4n) is 3.75. The summed E-state index contributed by atoms with van der Waals surface area (Å²) in [6.45, 7) is 3.45. The number of anilines is 1. The molecule has 1 aromatic heterocycles. The summed E-state index contributed by atoms with van der Waals surface area (Å²) in [5.74, 6) is -0.297. The van der Waals surface area contributed by atoms with Crippen LogP contribution >= 0.6 is 11.3 Å². The predicted octanol–water partition coefficient (Wildman–Crippen LogP) is 3.68. The molecule has 0 aliphatic carbocycles. The van der Waals surface area contributed by atoms with E-state index in [1.165, 1.54) is 10.4 Å². The lowest BCUT2D eigenvalue weighted by molar-refractivity contribution is 0.0735. The van der Waals surface area contributed by atoms with Crippen molar-refractivity contribution in [2.24, 2.45) is 5.73 Å². The van der Waals surface area contributed by atoms with E-state index in [-0.39, 0.29) is 11.8 Å². The second-order valence-electron chi connectivity index (χ2n) is 7.69. The molecule has 32 heavy (non-hydrogen) atoms. The van der Waals surface area contributed by atoms with Gasteiger partial charge in [-0.05, 0) is 65.7 Å². The highest BCUT2D eigenvalue weighted by molar-refractivity contribution is 7.10. The van der Waals surface area contributed by atoms with Crippen molar-refractivity contribution < 1.29 is 14.4 Å². The molecule has 4 amide bonds. The minimum atomic E-state index is -0.600. The first-order chi connectivity index (χ1) is 15.4. The molecule has 0 bridgehead atoms. The smallest absolute Gasteiger partial charge is 0.312 e. The van der Waals surface area contributed by atoms with Gasteiger partial charge in [-0.1, -0.05) is 18.2 Å². The summed E-state index contributed by atoms with van der Waals surface area (Å²) >= 11 is 1.74. The zero-order valence-electron chi connectivity index (χ0n) is 17.7. The quantitative estimate of drug-likeness (QED) is 0.555. The number of nitrogens with two attached hydrogens (primary N) is 1. The van der Waals surface area contributed by atoms with Crippen molar-refractivity contribution >= 4 is 34.9 Å². The molecule has 7 nitrogen and oxygen atoms in total. The molecule has 0 spiro atoms. The summed E-state index contributed by atoms with van der Waals surface area (Å²) in [5.41, 5.74) is 9.54. The van der Waals surface area contributed by atoms with Gasteiger partial charge in [-0.3, -0.25) is 9.59 Å². The molecule has 0 radical (unpaired) electrons. The highest BCUT2D eigenvalue weighted by Crippen LogP contribution is 2.27. The summed E-state index contributed by atoms with van der Waals surface area (Å²) in [7, 11) is 0. The van der Waals surface area contributed by atoms with Gasteiger partial charge in [-0.2, -0.15) is 0 Å². The van der Waals surface area contributed by atoms with Crippen molar-refractivity contribution in [3.05, 3.63) is 86.6 Å². The van der Waals surface area contributed by atoms with Crippen LogP contribution in [0.2, 0.25) is 0 Å². The van der Waals surface area contributed by atoms with Crippen LogP contribution in [0.15, 0.2) is 53.9 Å². The number of benzene rings is 2. The maximum Gasteiger partial charge on any atom is 0.312 e. The van der Waals surface area contributed by atoms with E-state index in [0.29, 0.717) is 36.4 Å². The van der Waals surface area contributed by atoms with Gasteiger partial charge in [0.1, 0.15) is 0 Å². The molecule has 0 atom stereocenters. The van der Waals surface area contributed by atoms with Crippen LogP contribution in [-0.4, -0.2) is 29.3 Å². The molecule has 164 valence electrons. The highest BCUT2D eigenvalue weighted by atomic mass is 32.1. The van der Waals surface area contributed by atoms with E-state index in [0.717, 1.165) is 17.5 Å². The Morgan fingerprint density at radius 3 is 2.62 bits per heavy atom. The van der Waals surface area contributed by atoms with Crippen LogP contribution in [0.1, 0.15) is 42.3 Å². The van der Waals surface area contributed by atoms with Crippen molar-refractivity contribution in [1.29, 1.82) is 0 Å². The number of primary amides is 1. The molecular weight excluding hydrogens is 424 g/mol. The van der Waals surface area contributed by atoms with E-state index in [1.807, 2.05) is 11.8 Å². The SMILES string of the molecule is Cc1c(NC(=O)c2ccc(CNC(N)=O)cc2)cccc1C(=O)N1CCc2sccc2C1. The number of hydrogen-bond acceptors (Lipinski definition) is 4. The average Bonchev–Trinajstić information content (AvgIpc) is 3.27. The third kappa shape index (κ3) is 4.65. The number of hydrogen-bond donors (Lipinski definition) is 3. The maximum absolute atomic E-state index is 13.2. The van der Waals surface area contributed by atoms with E-state index in [1.54, 1.807) is 53.8 Å². The fourth-order valence-corrected chi connectivity index (χ4v) is 4.64. The lowest BCUT2D eigenvalue weighted by Gasteiger charge is -2.28. The van der Waals surface area contributed by atoms with E-state index >= 15 is 0 Å². The Morgan fingerprint density at radius 1 is 1.09 bits per heavy atom. The first-order valence-corrected chi connectivity index (χ1v) is 11.2. The van der Waals surface area contributed by atoms with Crippen molar-refractivity contribution in [3.8, 4) is 0 Å². The van der Waals surface area contributed by atoms with Gasteiger partial charge in [0.05, 0.1) is 0 Å². The average molecular weight is 449 g/mol. The van der Waals surface area contributed by atoms with Gasteiger partial charge < -0.3 is 21.3 Å². The summed E-state index contributed by atoms with van der Waals surface area (Å²) in [6, 6.07) is 13.7. The zero-order chi connectivity index (χ0) is 22.7. The molecule has 0 saturated heterocycles. The van der Waals surface area contributed by atoms with Crippen molar-refractivity contribution in [3.63, 3.8) is 0 Å². The number of carbonyl (C=O) groups is 3. The summed E-state index contributed by atoms with van der Waals surface area (Å²) in [6.07, 6.45) is 0.874. The molecule has 4 N–H and O–H groups in total. The third-order valence-electron chi connectivity index (χ3n) is 5.59. The summed E-state index contributed by atoms with van der Waals surface area (Å²) in [5, 5.41) is 7.49. The van der Waals surface area contributed by atoms with Gasteiger partial charge in [0.15, 0.2) is 0 Å². The van der Waals surface area contributed by atoms with E-state index in [4.69, 9.17) is 5.73 Å². The second kappa shape index (κ2) is 9.23. The molecule has 0 unspecified atom stereocenters. The molecule has 1 aliphatic rings. The molecule has 3 aromatic rings. The molecule has 4 rings (SSSR count). The van der Waals surface area contributed by atoms with Crippen LogP contribution in [0, 0.1) is 6.92 Å². The number of rotatable bonds is 5. The number of amides is 4. The second-order valence-corrected chi connectivity index (χ2v) is 8.69. The van der Waals surface area contributed by atoms with Gasteiger partial charge in [0.25, 0.3) is 11.8 Å². The minimum absolute atomic E-state index is 0.0262. The van der Waals surface area contributed by atoms with E-state index in [2.05, 4.69) is 22.1 Å². The van der Waals surface area contributed by atoms with Crippen molar-refractivity contribution in [2.45, 2.75) is 26.4 Å². The number of nitrogens with zero attached hydrogens (tertiary/aromatic N) is 1. The Kier molecular flexibility index (Phi) is 6.23. The largest absolute Gasteiger partial charge is 0.352 e. The number of carbonyl (C=O) groups excluding carboxylic acids is 3. The van der Waals surface area contributed by atoms with E-state index < -0.39 is 6.03 Å². The number of urea groups is 1. The number of nitrogens with one attached hydrogen (secondary N) is 2. The van der Waals surface area contributed by atoms with Gasteiger partial charge in [-0.15, -0.1) is 11.3 Å². The van der Waals surface area contributed by atoms with Crippen LogP contribution in [0.5, 0.6) is 0 Å². The first kappa shape index (κ1) is 21.6. The zero-order valence-corrected chi connectivity index (χ0v) is 18.5. The molecule has 8 heteroatoms. The van der Waals surface area contributed by atoms with Crippen LogP contribution in [0.4, 0.5) is 10.5 Å². The van der Waals surface area contributed by atoms with E-state index in [9.17, 15) is 14.4 Å². The molecule has 1 aliphatic heterocycles. The predicted molar refractivity (Wildman–Crippen MR) is 125 cm³/mol. The molecular formula is C24H24N4O3S. The topological polar surface area (TPSA) is 105 Å². The van der Waals surface area contributed by atoms with Gasteiger partial charge in [-0.25, -0.2) is 4.79 Å². The maximum atomic E-state index is 13.2. The minimum Gasteiger partial charge on any atom is -0.352 e. The van der Waals surface area contributed by atoms with Crippen LogP contribution in [0.3, 0.4) is 0 Å². The third-order valence-corrected chi connectivity index (χ3v) is 6.61. The standard InChI is InChI=1S/C24H24N4O3S/c1-15-19(23(30)28-11-9-21-18(14-28)10-12-32-21)3-2-4-20(15)27-22(29)17-7-5-16(6-8-17)13-26-24(25)31/h2-8,10,12H,9,11,13-14H2,1H3,(H,27,29)(H3,25,26,31). The van der Waals surface area contributed by atoms with Crippen LogP contribution < -0.4 is 16.4 Å². The summed E-state index contributed by atoms with van der Waals surface area (Å²) < 4.78 is 0. The van der Waals surface area contributed by atoms with Gasteiger partial charge in [0, 0.05) is 41.3 Å². The van der Waals surface area contributed by atoms with Crippen molar-refractivity contribution in [2.75, 3.05) is 11.9 Å². The summed E-state index contributed by atoms with van der Waals surface area (Å²) in [4.78, 5) is 40.0.